The second-order valence-electron chi connectivity index (χ2n) is 6.18. The van der Waals surface area contributed by atoms with Crippen LogP contribution in [-0.2, 0) is 11.8 Å². The largest absolute Gasteiger partial charge is 0.197 e. The molecule has 0 aromatic heterocycles. The van der Waals surface area contributed by atoms with Crippen molar-refractivity contribution in [3.8, 4) is 6.07 Å². The van der Waals surface area contributed by atoms with Crippen molar-refractivity contribution in [3.05, 3.63) is 35.4 Å². The van der Waals surface area contributed by atoms with E-state index in [9.17, 15) is 5.26 Å². The van der Waals surface area contributed by atoms with Gasteiger partial charge in [-0.1, -0.05) is 45.0 Å². The minimum absolute atomic E-state index is 0.163. The molecule has 2 rings (SSSR count). The first-order valence-corrected chi connectivity index (χ1v) is 7.58. The van der Waals surface area contributed by atoms with Gasteiger partial charge in [0.25, 0.3) is 0 Å². The summed E-state index contributed by atoms with van der Waals surface area (Å²) < 4.78 is -0.163. The Bertz CT molecular complexity index is 441. The maximum Gasteiger partial charge on any atom is 0.106 e. The van der Waals surface area contributed by atoms with E-state index in [2.05, 4.69) is 51.1 Å². The van der Waals surface area contributed by atoms with Crippen LogP contribution in [0.25, 0.3) is 0 Å². The number of rotatable bonds is 2. The van der Waals surface area contributed by atoms with Crippen molar-refractivity contribution in [2.45, 2.75) is 50.2 Å². The molecular weight excluding hydrogens is 238 g/mol. The third-order valence-corrected chi connectivity index (χ3v) is 5.10. The molecule has 0 bridgehead atoms. The quantitative estimate of drug-likeness (QED) is 0.790. The Hall–Kier alpha value is -0.940. The minimum atomic E-state index is -0.163. The first-order chi connectivity index (χ1) is 8.45. The summed E-state index contributed by atoms with van der Waals surface area (Å²) in [6, 6.07) is 11.3. The third-order valence-electron chi connectivity index (χ3n) is 3.62. The smallest absolute Gasteiger partial charge is 0.106 e. The molecule has 18 heavy (non-hydrogen) atoms. The molecule has 0 spiro atoms. The van der Waals surface area contributed by atoms with Crippen LogP contribution in [0.5, 0.6) is 0 Å². The van der Waals surface area contributed by atoms with E-state index in [-0.39, 0.29) is 10.2 Å². The monoisotopic (exact) mass is 259 g/mol. The van der Waals surface area contributed by atoms with Crippen LogP contribution in [0.1, 0.15) is 44.7 Å². The molecule has 1 saturated heterocycles. The van der Waals surface area contributed by atoms with Crippen LogP contribution in [0, 0.1) is 11.3 Å². The molecule has 2 heteroatoms. The molecule has 1 unspecified atom stereocenters. The topological polar surface area (TPSA) is 23.8 Å². The van der Waals surface area contributed by atoms with E-state index in [1.54, 1.807) is 0 Å². The Balaban J connectivity index is 2.14. The molecule has 0 amide bonds. The molecule has 1 fully saturated rings. The Labute approximate surface area is 115 Å². The molecule has 0 N–H and O–H groups in total. The van der Waals surface area contributed by atoms with E-state index in [1.807, 2.05) is 11.8 Å². The summed E-state index contributed by atoms with van der Waals surface area (Å²) in [5.74, 6) is 1.13. The molecule has 0 radical (unpaired) electrons. The number of nitriles is 1. The third kappa shape index (κ3) is 2.90. The van der Waals surface area contributed by atoms with Crippen LogP contribution in [0.4, 0.5) is 0 Å². The summed E-state index contributed by atoms with van der Waals surface area (Å²) in [6.07, 6.45) is 3.10. The Morgan fingerprint density at radius 2 is 1.94 bits per heavy atom. The van der Waals surface area contributed by atoms with Crippen LogP contribution in [-0.4, -0.2) is 10.5 Å². The zero-order chi connectivity index (χ0) is 13.2. The zero-order valence-electron chi connectivity index (χ0n) is 11.5. The van der Waals surface area contributed by atoms with Crippen LogP contribution in [0.2, 0.25) is 0 Å². The van der Waals surface area contributed by atoms with Gasteiger partial charge in [-0.2, -0.15) is 5.26 Å². The fourth-order valence-corrected chi connectivity index (χ4v) is 3.72. The van der Waals surface area contributed by atoms with Crippen molar-refractivity contribution in [1.82, 2.24) is 0 Å². The maximum absolute atomic E-state index is 9.39. The molecule has 1 aliphatic rings. The lowest BCUT2D eigenvalue weighted by Crippen LogP contribution is -2.21. The lowest BCUT2D eigenvalue weighted by atomic mass is 9.86. The molecule has 96 valence electrons. The minimum Gasteiger partial charge on any atom is -0.197 e. The van der Waals surface area contributed by atoms with E-state index in [4.69, 9.17) is 0 Å². The van der Waals surface area contributed by atoms with Gasteiger partial charge in [-0.05, 0) is 35.1 Å². The maximum atomic E-state index is 9.39. The number of nitrogens with zero attached hydrogens (tertiary/aromatic N) is 1. The predicted octanol–water partition coefficient (Wildman–Crippen LogP) is 4.32. The molecule has 1 aliphatic heterocycles. The van der Waals surface area contributed by atoms with Crippen LogP contribution in [0.15, 0.2) is 24.3 Å². The number of hydrogen-bond donors (Lipinski definition) is 0. The molecule has 0 aliphatic carbocycles. The fourth-order valence-electron chi connectivity index (χ4n) is 2.42. The average molecular weight is 259 g/mol. The predicted molar refractivity (Wildman–Crippen MR) is 78.9 cm³/mol. The van der Waals surface area contributed by atoms with Gasteiger partial charge in [0.05, 0.1) is 6.07 Å². The van der Waals surface area contributed by atoms with Crippen molar-refractivity contribution in [2.75, 3.05) is 5.75 Å². The van der Waals surface area contributed by atoms with Crippen LogP contribution < -0.4 is 0 Å². The normalized spacial score (nSPS) is 23.9. The first kappa shape index (κ1) is 13.5. The number of benzene rings is 1. The van der Waals surface area contributed by atoms with Crippen molar-refractivity contribution >= 4 is 11.8 Å². The SMILES string of the molecule is CC(C)(C)c1ccc(CC2(C#N)CCCS2)cc1. The lowest BCUT2D eigenvalue weighted by Gasteiger charge is -2.22. The van der Waals surface area contributed by atoms with E-state index in [0.29, 0.717) is 0 Å². The summed E-state index contributed by atoms with van der Waals surface area (Å²) in [5.41, 5.74) is 2.85. The summed E-state index contributed by atoms with van der Waals surface area (Å²) >= 11 is 1.83. The van der Waals surface area contributed by atoms with Gasteiger partial charge < -0.3 is 0 Å². The zero-order valence-corrected chi connectivity index (χ0v) is 12.3. The van der Waals surface area contributed by atoms with Crippen LogP contribution in [0.3, 0.4) is 0 Å². The van der Waals surface area contributed by atoms with Gasteiger partial charge in [0, 0.05) is 6.42 Å². The second kappa shape index (κ2) is 4.97. The highest BCUT2D eigenvalue weighted by atomic mass is 32.2. The summed E-state index contributed by atoms with van der Waals surface area (Å²) in [6.45, 7) is 6.68. The molecule has 1 atom stereocenters. The average Bonchev–Trinajstić information content (AvgIpc) is 2.78. The van der Waals surface area contributed by atoms with Crippen molar-refractivity contribution in [1.29, 1.82) is 5.26 Å². The summed E-state index contributed by atoms with van der Waals surface area (Å²) in [7, 11) is 0. The summed E-state index contributed by atoms with van der Waals surface area (Å²) in [5, 5.41) is 9.39. The molecule has 1 aromatic carbocycles. The Morgan fingerprint density at radius 1 is 1.28 bits per heavy atom. The van der Waals surface area contributed by atoms with Crippen molar-refractivity contribution in [2.24, 2.45) is 0 Å². The van der Waals surface area contributed by atoms with Gasteiger partial charge in [0.2, 0.25) is 0 Å². The van der Waals surface area contributed by atoms with E-state index >= 15 is 0 Å². The Kier molecular flexibility index (Phi) is 3.73. The highest BCUT2D eigenvalue weighted by molar-refractivity contribution is 8.01. The second-order valence-corrected chi connectivity index (χ2v) is 7.66. The first-order valence-electron chi connectivity index (χ1n) is 6.60. The van der Waals surface area contributed by atoms with E-state index in [1.165, 1.54) is 17.5 Å². The molecule has 0 saturated carbocycles. The van der Waals surface area contributed by atoms with E-state index in [0.717, 1.165) is 18.6 Å². The van der Waals surface area contributed by atoms with Gasteiger partial charge in [0.1, 0.15) is 4.75 Å². The molecular formula is C16H21NS. The number of hydrogen-bond acceptors (Lipinski definition) is 2. The van der Waals surface area contributed by atoms with Gasteiger partial charge in [-0.25, -0.2) is 0 Å². The van der Waals surface area contributed by atoms with Gasteiger partial charge >= 0.3 is 0 Å². The van der Waals surface area contributed by atoms with Crippen molar-refractivity contribution in [3.63, 3.8) is 0 Å². The highest BCUT2D eigenvalue weighted by Gasteiger charge is 2.34. The lowest BCUT2D eigenvalue weighted by molar-refractivity contribution is 0.589. The molecule has 1 nitrogen and oxygen atoms in total. The standard InChI is InChI=1S/C16H21NS/c1-15(2,3)14-7-5-13(6-8-14)11-16(12-17)9-4-10-18-16/h5-8H,4,9-11H2,1-3H3. The van der Waals surface area contributed by atoms with Crippen molar-refractivity contribution < 1.29 is 0 Å². The fraction of sp³-hybridized carbons (Fsp3) is 0.562. The molecule has 1 heterocycles. The number of thioether (sulfide) groups is 1. The Morgan fingerprint density at radius 3 is 2.39 bits per heavy atom. The van der Waals surface area contributed by atoms with Gasteiger partial charge in [-0.15, -0.1) is 11.8 Å². The highest BCUT2D eigenvalue weighted by Crippen LogP contribution is 2.40. The molecule has 1 aromatic rings. The summed E-state index contributed by atoms with van der Waals surface area (Å²) in [4.78, 5) is 0. The van der Waals surface area contributed by atoms with E-state index < -0.39 is 0 Å². The van der Waals surface area contributed by atoms with Gasteiger partial charge in [0.15, 0.2) is 0 Å². The van der Waals surface area contributed by atoms with Gasteiger partial charge in [-0.3, -0.25) is 0 Å². The van der Waals surface area contributed by atoms with Crippen LogP contribution >= 0.6 is 11.8 Å².